The predicted molar refractivity (Wildman–Crippen MR) is 192 cm³/mol. The largest absolute Gasteiger partial charge is 0.387 e. The summed E-state index contributed by atoms with van der Waals surface area (Å²) in [6.45, 7) is -0.140. The molecule has 0 bridgehead atoms. The van der Waals surface area contributed by atoms with Crippen LogP contribution in [0.5, 0.6) is 0 Å². The number of aliphatic hydroxyl groups is 3. The fourth-order valence-electron chi connectivity index (χ4n) is 7.10. The second kappa shape index (κ2) is 14.9. The van der Waals surface area contributed by atoms with Crippen molar-refractivity contribution in [3.05, 3.63) is 215 Å². The molecule has 0 amide bonds. The third-order valence-electron chi connectivity index (χ3n) is 9.52. The zero-order valence-electron chi connectivity index (χ0n) is 27.5. The second-order valence-corrected chi connectivity index (χ2v) is 12.5. The average molecular weight is 665 g/mol. The fourth-order valence-corrected chi connectivity index (χ4v) is 7.10. The van der Waals surface area contributed by atoms with Crippen LogP contribution in [-0.2, 0) is 25.4 Å². The molecule has 252 valence electrons. The molecule has 3 N–H and O–H groups in total. The Bertz CT molecular complexity index is 1710. The summed E-state index contributed by atoms with van der Waals surface area (Å²) in [6.07, 6.45) is -6.99. The minimum atomic E-state index is -1.66. The SMILES string of the molecule is O[C@H]1[C@@H](OC(c2ccccc2)(c2ccccc2)c2ccccc2)[C@H](O)[C@@H](COC(c2ccccc2)(c2ccccc2)c2ccccc2)O[C@@H]1O. The molecule has 0 spiro atoms. The maximum Gasteiger partial charge on any atom is 0.184 e. The van der Waals surface area contributed by atoms with Gasteiger partial charge in [-0.3, -0.25) is 0 Å². The molecule has 0 unspecified atom stereocenters. The second-order valence-electron chi connectivity index (χ2n) is 12.5. The lowest BCUT2D eigenvalue weighted by Crippen LogP contribution is -2.61. The smallest absolute Gasteiger partial charge is 0.184 e. The van der Waals surface area contributed by atoms with Crippen molar-refractivity contribution in [1.82, 2.24) is 0 Å². The van der Waals surface area contributed by atoms with Gasteiger partial charge in [0.25, 0.3) is 0 Å². The quantitative estimate of drug-likeness (QED) is 0.132. The topological polar surface area (TPSA) is 88.4 Å². The summed E-state index contributed by atoms with van der Waals surface area (Å²) in [5.74, 6) is 0. The van der Waals surface area contributed by atoms with Gasteiger partial charge in [-0.15, -0.1) is 0 Å². The van der Waals surface area contributed by atoms with Crippen LogP contribution in [0, 0.1) is 0 Å². The number of hydrogen-bond acceptors (Lipinski definition) is 6. The maximum absolute atomic E-state index is 12.1. The van der Waals surface area contributed by atoms with Crippen LogP contribution < -0.4 is 0 Å². The Labute approximate surface area is 292 Å². The van der Waals surface area contributed by atoms with Crippen molar-refractivity contribution >= 4 is 0 Å². The fraction of sp³-hybridized carbons (Fsp3) is 0.182. The van der Waals surface area contributed by atoms with Crippen LogP contribution >= 0.6 is 0 Å². The molecule has 6 nitrogen and oxygen atoms in total. The van der Waals surface area contributed by atoms with E-state index in [9.17, 15) is 15.3 Å². The summed E-state index contributed by atoms with van der Waals surface area (Å²) >= 11 is 0. The van der Waals surface area contributed by atoms with Crippen molar-refractivity contribution in [1.29, 1.82) is 0 Å². The van der Waals surface area contributed by atoms with E-state index in [2.05, 4.69) is 0 Å². The van der Waals surface area contributed by atoms with Gasteiger partial charge >= 0.3 is 0 Å². The van der Waals surface area contributed by atoms with Crippen molar-refractivity contribution in [2.75, 3.05) is 6.61 Å². The van der Waals surface area contributed by atoms with Crippen LogP contribution in [0.1, 0.15) is 33.4 Å². The lowest BCUT2D eigenvalue weighted by atomic mass is 9.79. The first-order valence-electron chi connectivity index (χ1n) is 16.9. The Kier molecular flexibility index (Phi) is 10.0. The molecule has 0 radical (unpaired) electrons. The van der Waals surface area contributed by atoms with Crippen LogP contribution in [0.2, 0.25) is 0 Å². The van der Waals surface area contributed by atoms with E-state index in [0.29, 0.717) is 0 Å². The van der Waals surface area contributed by atoms with E-state index in [1.165, 1.54) is 0 Å². The van der Waals surface area contributed by atoms with Gasteiger partial charge in [-0.1, -0.05) is 182 Å². The van der Waals surface area contributed by atoms with E-state index >= 15 is 0 Å². The van der Waals surface area contributed by atoms with Crippen molar-refractivity contribution in [3.63, 3.8) is 0 Å². The molecule has 0 saturated carbocycles. The zero-order valence-corrected chi connectivity index (χ0v) is 27.5. The van der Waals surface area contributed by atoms with Gasteiger partial charge in [-0.05, 0) is 33.4 Å². The Hall–Kier alpha value is -4.92. The van der Waals surface area contributed by atoms with Crippen LogP contribution in [0.3, 0.4) is 0 Å². The molecule has 1 saturated heterocycles. The van der Waals surface area contributed by atoms with Gasteiger partial charge in [-0.25, -0.2) is 0 Å². The molecule has 1 heterocycles. The summed E-state index contributed by atoms with van der Waals surface area (Å²) in [7, 11) is 0. The molecular formula is C44H40O6. The molecule has 6 aromatic carbocycles. The average Bonchev–Trinajstić information content (AvgIpc) is 3.19. The summed E-state index contributed by atoms with van der Waals surface area (Å²) in [4.78, 5) is 0. The van der Waals surface area contributed by atoms with Gasteiger partial charge in [0.15, 0.2) is 6.29 Å². The number of benzene rings is 6. The minimum absolute atomic E-state index is 0.140. The van der Waals surface area contributed by atoms with E-state index in [1.807, 2.05) is 182 Å². The molecule has 1 fully saturated rings. The Morgan fingerprint density at radius 3 is 1.04 bits per heavy atom. The van der Waals surface area contributed by atoms with Crippen molar-refractivity contribution in [2.24, 2.45) is 0 Å². The first kappa shape index (κ1) is 33.6. The Morgan fingerprint density at radius 2 is 0.720 bits per heavy atom. The zero-order chi connectivity index (χ0) is 34.4. The lowest BCUT2D eigenvalue weighted by molar-refractivity contribution is -0.309. The Balaban J connectivity index is 1.30. The predicted octanol–water partition coefficient (Wildman–Crippen LogP) is 6.81. The highest BCUT2D eigenvalue weighted by Crippen LogP contribution is 2.44. The van der Waals surface area contributed by atoms with Crippen LogP contribution in [0.15, 0.2) is 182 Å². The monoisotopic (exact) mass is 664 g/mol. The summed E-state index contributed by atoms with van der Waals surface area (Å²) in [6, 6.07) is 58.8. The van der Waals surface area contributed by atoms with Gasteiger partial charge in [0.2, 0.25) is 0 Å². The minimum Gasteiger partial charge on any atom is -0.387 e. The van der Waals surface area contributed by atoms with Gasteiger partial charge in [0.05, 0.1) is 6.61 Å². The molecule has 0 aromatic heterocycles. The normalized spacial score (nSPS) is 21.1. The van der Waals surface area contributed by atoms with E-state index in [-0.39, 0.29) is 6.61 Å². The number of aliphatic hydroxyl groups excluding tert-OH is 3. The van der Waals surface area contributed by atoms with Crippen LogP contribution in [0.4, 0.5) is 0 Å². The highest BCUT2D eigenvalue weighted by atomic mass is 16.7. The molecule has 1 aliphatic heterocycles. The molecule has 5 atom stereocenters. The van der Waals surface area contributed by atoms with Gasteiger partial charge in [0, 0.05) is 0 Å². The molecule has 6 aromatic rings. The van der Waals surface area contributed by atoms with Crippen LogP contribution in [-0.4, -0.2) is 52.6 Å². The highest BCUT2D eigenvalue weighted by Gasteiger charge is 2.51. The maximum atomic E-state index is 12.1. The van der Waals surface area contributed by atoms with Crippen LogP contribution in [0.25, 0.3) is 0 Å². The third kappa shape index (κ3) is 6.30. The number of rotatable bonds is 11. The van der Waals surface area contributed by atoms with Gasteiger partial charge < -0.3 is 29.5 Å². The standard InChI is InChI=1S/C44H40O6/c45-39-38(31-48-43(32-19-7-1-8-20-32,33-21-9-2-10-22-33)34-23-11-3-12-24-34)49-42(47)40(46)41(39)50-44(35-25-13-4-14-26-35,36-27-15-5-16-28-36)37-29-17-6-18-30-37/h1-30,38-42,45-47H,31H2/t38-,39-,40+,41+,42+/m1/s1. The van der Waals surface area contributed by atoms with Gasteiger partial charge in [0.1, 0.15) is 35.6 Å². The molecule has 7 rings (SSSR count). The van der Waals surface area contributed by atoms with E-state index in [0.717, 1.165) is 33.4 Å². The van der Waals surface area contributed by atoms with Gasteiger partial charge in [-0.2, -0.15) is 0 Å². The summed E-state index contributed by atoms with van der Waals surface area (Å²) in [5.41, 5.74) is 2.67. The van der Waals surface area contributed by atoms with E-state index < -0.39 is 41.9 Å². The third-order valence-corrected chi connectivity index (χ3v) is 9.52. The van der Waals surface area contributed by atoms with E-state index in [1.54, 1.807) is 0 Å². The summed E-state index contributed by atoms with van der Waals surface area (Å²) < 4.78 is 20.0. The molecule has 1 aliphatic rings. The van der Waals surface area contributed by atoms with Crippen molar-refractivity contribution in [2.45, 2.75) is 41.9 Å². The number of hydrogen-bond donors (Lipinski definition) is 3. The van der Waals surface area contributed by atoms with E-state index in [4.69, 9.17) is 14.2 Å². The number of ether oxygens (including phenoxy) is 3. The molecular weight excluding hydrogens is 624 g/mol. The lowest BCUT2D eigenvalue weighted by Gasteiger charge is -2.47. The summed E-state index contributed by atoms with van der Waals surface area (Å²) in [5, 5.41) is 34.8. The Morgan fingerprint density at radius 1 is 0.420 bits per heavy atom. The molecule has 0 aliphatic carbocycles. The first-order valence-corrected chi connectivity index (χ1v) is 16.9. The molecule has 50 heavy (non-hydrogen) atoms. The van der Waals surface area contributed by atoms with Crippen molar-refractivity contribution in [3.8, 4) is 0 Å². The molecule has 6 heteroatoms. The first-order chi connectivity index (χ1) is 24.5. The highest BCUT2D eigenvalue weighted by molar-refractivity contribution is 5.49. The van der Waals surface area contributed by atoms with Crippen molar-refractivity contribution < 1.29 is 29.5 Å².